The topological polar surface area (TPSA) is 84.9 Å². The molecule has 0 saturated carbocycles. The van der Waals surface area contributed by atoms with Crippen molar-refractivity contribution < 1.29 is 24.2 Å². The van der Waals surface area contributed by atoms with Gasteiger partial charge in [0.05, 0.1) is 24.1 Å². The maximum Gasteiger partial charge on any atom is 0.407 e. The zero-order chi connectivity index (χ0) is 19.8. The van der Waals surface area contributed by atoms with Crippen LogP contribution in [0.3, 0.4) is 0 Å². The molecule has 0 aliphatic rings. The van der Waals surface area contributed by atoms with Crippen LogP contribution in [0.4, 0.5) is 4.79 Å². The normalized spacial score (nSPS) is 11.5. The van der Waals surface area contributed by atoms with Gasteiger partial charge in [0.15, 0.2) is 0 Å². The molecule has 2 aromatic carbocycles. The number of esters is 1. The number of nitrogens with one attached hydrogen (secondary N) is 1. The van der Waals surface area contributed by atoms with Crippen molar-refractivity contribution in [1.82, 2.24) is 5.32 Å². The Morgan fingerprint density at radius 2 is 1.85 bits per heavy atom. The van der Waals surface area contributed by atoms with Crippen molar-refractivity contribution in [2.45, 2.75) is 26.0 Å². The number of halogens is 2. The van der Waals surface area contributed by atoms with Crippen molar-refractivity contribution >= 4 is 35.3 Å². The minimum absolute atomic E-state index is 0.00538. The summed E-state index contributed by atoms with van der Waals surface area (Å²) in [5, 5.41) is 13.0. The number of phenolic OH excluding ortho intramolecular Hbond substituents is 1. The highest BCUT2D eigenvalue weighted by molar-refractivity contribution is 6.35. The number of benzene rings is 2. The van der Waals surface area contributed by atoms with Crippen molar-refractivity contribution in [2.75, 3.05) is 6.61 Å². The van der Waals surface area contributed by atoms with E-state index in [1.807, 2.05) is 30.3 Å². The lowest BCUT2D eigenvalue weighted by atomic mass is 10.0. The number of hydrogen-bond acceptors (Lipinski definition) is 5. The molecule has 0 spiro atoms. The van der Waals surface area contributed by atoms with Crippen molar-refractivity contribution in [1.29, 1.82) is 0 Å². The summed E-state index contributed by atoms with van der Waals surface area (Å²) in [4.78, 5) is 24.1. The van der Waals surface area contributed by atoms with E-state index in [9.17, 15) is 14.7 Å². The predicted octanol–water partition coefficient (Wildman–Crippen LogP) is 4.62. The van der Waals surface area contributed by atoms with Gasteiger partial charge in [-0.25, -0.2) is 4.79 Å². The van der Waals surface area contributed by atoms with Gasteiger partial charge in [0, 0.05) is 10.6 Å². The molecule has 2 N–H and O–H groups in total. The monoisotopic (exact) mass is 411 g/mol. The summed E-state index contributed by atoms with van der Waals surface area (Å²) in [7, 11) is 0. The molecule has 2 rings (SSSR count). The third-order valence-electron chi connectivity index (χ3n) is 3.61. The van der Waals surface area contributed by atoms with E-state index in [0.717, 1.165) is 5.56 Å². The van der Waals surface area contributed by atoms with E-state index in [-0.39, 0.29) is 41.0 Å². The fourth-order valence-corrected chi connectivity index (χ4v) is 2.89. The van der Waals surface area contributed by atoms with E-state index >= 15 is 0 Å². The van der Waals surface area contributed by atoms with Crippen LogP contribution in [-0.4, -0.2) is 23.8 Å². The van der Waals surface area contributed by atoms with Gasteiger partial charge in [0.25, 0.3) is 0 Å². The molecule has 8 heteroatoms. The summed E-state index contributed by atoms with van der Waals surface area (Å²) in [6, 6.07) is 11.0. The van der Waals surface area contributed by atoms with Crippen LogP contribution in [-0.2, 0) is 20.9 Å². The molecule has 0 radical (unpaired) electrons. The molecule has 0 aliphatic carbocycles. The van der Waals surface area contributed by atoms with Gasteiger partial charge >= 0.3 is 12.1 Å². The molecule has 0 aromatic heterocycles. The van der Waals surface area contributed by atoms with Crippen LogP contribution >= 0.6 is 23.2 Å². The van der Waals surface area contributed by atoms with Gasteiger partial charge in [-0.1, -0.05) is 53.5 Å². The van der Waals surface area contributed by atoms with E-state index in [4.69, 9.17) is 32.7 Å². The van der Waals surface area contributed by atoms with Crippen molar-refractivity contribution in [2.24, 2.45) is 0 Å². The van der Waals surface area contributed by atoms with Crippen LogP contribution in [0.25, 0.3) is 0 Å². The maximum absolute atomic E-state index is 12.2. The minimum atomic E-state index is -0.927. The third-order valence-corrected chi connectivity index (χ3v) is 4.12. The van der Waals surface area contributed by atoms with Gasteiger partial charge in [-0.05, 0) is 24.6 Å². The average molecular weight is 412 g/mol. The van der Waals surface area contributed by atoms with Crippen LogP contribution in [0.15, 0.2) is 42.5 Å². The second kappa shape index (κ2) is 10.0. The third kappa shape index (κ3) is 6.34. The Morgan fingerprint density at radius 3 is 2.52 bits per heavy atom. The van der Waals surface area contributed by atoms with Crippen LogP contribution in [0.5, 0.6) is 5.75 Å². The smallest absolute Gasteiger partial charge is 0.407 e. The number of amides is 1. The molecule has 1 atom stereocenters. The number of ether oxygens (including phenoxy) is 2. The van der Waals surface area contributed by atoms with Crippen LogP contribution in [0.2, 0.25) is 10.0 Å². The van der Waals surface area contributed by atoms with E-state index in [0.29, 0.717) is 0 Å². The molecule has 1 unspecified atom stereocenters. The fourth-order valence-electron chi connectivity index (χ4n) is 2.38. The Labute approximate surface area is 167 Å². The molecule has 0 fully saturated rings. The maximum atomic E-state index is 12.2. The molecule has 2 aromatic rings. The average Bonchev–Trinajstić information content (AvgIpc) is 2.63. The van der Waals surface area contributed by atoms with Crippen molar-refractivity contribution in [3.05, 3.63) is 63.6 Å². The molecule has 0 heterocycles. The zero-order valence-electron chi connectivity index (χ0n) is 14.6. The number of alkyl carbamates (subject to hydrolysis) is 1. The number of hydrogen-bond donors (Lipinski definition) is 2. The molecular formula is C19H19Cl2NO5. The Morgan fingerprint density at radius 1 is 1.15 bits per heavy atom. The number of carbonyl (C=O) groups is 2. The van der Waals surface area contributed by atoms with Crippen molar-refractivity contribution in [3.63, 3.8) is 0 Å². The molecule has 27 heavy (non-hydrogen) atoms. The summed E-state index contributed by atoms with van der Waals surface area (Å²) < 4.78 is 10.1. The van der Waals surface area contributed by atoms with E-state index in [1.165, 1.54) is 12.1 Å². The Hall–Kier alpha value is -2.44. The lowest BCUT2D eigenvalue weighted by molar-refractivity contribution is -0.143. The predicted molar refractivity (Wildman–Crippen MR) is 102 cm³/mol. The first-order valence-corrected chi connectivity index (χ1v) is 8.97. The van der Waals surface area contributed by atoms with Gasteiger partial charge in [-0.3, -0.25) is 4.79 Å². The Kier molecular flexibility index (Phi) is 7.76. The summed E-state index contributed by atoms with van der Waals surface area (Å²) in [5.41, 5.74) is 1.00. The molecule has 144 valence electrons. The molecular weight excluding hydrogens is 393 g/mol. The van der Waals surface area contributed by atoms with E-state index < -0.39 is 18.1 Å². The lowest BCUT2D eigenvalue weighted by Crippen LogP contribution is -2.31. The number of phenols is 1. The van der Waals surface area contributed by atoms with Crippen molar-refractivity contribution in [3.8, 4) is 5.75 Å². The minimum Gasteiger partial charge on any atom is -0.506 e. The largest absolute Gasteiger partial charge is 0.506 e. The summed E-state index contributed by atoms with van der Waals surface area (Å²) in [5.74, 6) is -0.833. The molecule has 1 amide bonds. The molecule has 0 saturated heterocycles. The first-order chi connectivity index (χ1) is 12.9. The second-order valence-electron chi connectivity index (χ2n) is 5.59. The fraction of sp³-hybridized carbons (Fsp3) is 0.263. The number of carbonyl (C=O) groups excluding carboxylic acids is 2. The SMILES string of the molecule is CCOC(=O)CC(NC(=O)OCc1ccccc1)c1cc(Cl)cc(Cl)c1O. The highest BCUT2D eigenvalue weighted by atomic mass is 35.5. The summed E-state index contributed by atoms with van der Waals surface area (Å²) >= 11 is 11.9. The molecule has 0 aliphatic heterocycles. The first-order valence-electron chi connectivity index (χ1n) is 8.21. The highest BCUT2D eigenvalue weighted by Gasteiger charge is 2.24. The number of rotatable bonds is 7. The number of aromatic hydroxyl groups is 1. The second-order valence-corrected chi connectivity index (χ2v) is 6.44. The summed E-state index contributed by atoms with van der Waals surface area (Å²) in [6.45, 7) is 1.91. The van der Waals surface area contributed by atoms with Crippen LogP contribution in [0, 0.1) is 0 Å². The summed E-state index contributed by atoms with van der Waals surface area (Å²) in [6.07, 6.45) is -0.984. The van der Waals surface area contributed by atoms with E-state index in [2.05, 4.69) is 5.32 Å². The standard InChI is InChI=1S/C19H19Cl2NO5/c1-2-26-17(23)10-16(14-8-13(20)9-15(21)18(14)24)22-19(25)27-11-12-6-4-3-5-7-12/h3-9,16,24H,2,10-11H2,1H3,(H,22,25). The molecule has 0 bridgehead atoms. The van der Waals surface area contributed by atoms with Gasteiger partial charge in [-0.15, -0.1) is 0 Å². The van der Waals surface area contributed by atoms with Gasteiger partial charge < -0.3 is 19.9 Å². The Balaban J connectivity index is 2.15. The van der Waals surface area contributed by atoms with Crippen LogP contribution in [0.1, 0.15) is 30.5 Å². The zero-order valence-corrected chi connectivity index (χ0v) is 16.1. The van der Waals surface area contributed by atoms with Crippen LogP contribution < -0.4 is 5.32 Å². The van der Waals surface area contributed by atoms with Gasteiger partial charge in [0.1, 0.15) is 12.4 Å². The molecule has 6 nitrogen and oxygen atoms in total. The quantitative estimate of drug-likeness (QED) is 0.649. The first kappa shape index (κ1) is 20.9. The Bertz CT molecular complexity index is 798. The van der Waals surface area contributed by atoms with Gasteiger partial charge in [0.2, 0.25) is 0 Å². The van der Waals surface area contributed by atoms with Gasteiger partial charge in [-0.2, -0.15) is 0 Å². The highest BCUT2D eigenvalue weighted by Crippen LogP contribution is 2.36. The van der Waals surface area contributed by atoms with E-state index in [1.54, 1.807) is 6.92 Å². The lowest BCUT2D eigenvalue weighted by Gasteiger charge is -2.20.